The maximum absolute atomic E-state index is 11.8. The van der Waals surface area contributed by atoms with Crippen molar-refractivity contribution in [3.05, 3.63) is 23.8 Å². The van der Waals surface area contributed by atoms with Crippen molar-refractivity contribution in [2.45, 2.75) is 6.92 Å². The van der Waals surface area contributed by atoms with Gasteiger partial charge in [-0.05, 0) is 25.1 Å². The summed E-state index contributed by atoms with van der Waals surface area (Å²) >= 11 is 0. The van der Waals surface area contributed by atoms with E-state index in [2.05, 4.69) is 5.32 Å². The van der Waals surface area contributed by atoms with Gasteiger partial charge in [-0.25, -0.2) is 0 Å². The van der Waals surface area contributed by atoms with Crippen molar-refractivity contribution < 1.29 is 9.59 Å². The lowest BCUT2D eigenvalue weighted by molar-refractivity contribution is -0.127. The zero-order chi connectivity index (χ0) is 15.3. The molecule has 0 bridgehead atoms. The van der Waals surface area contributed by atoms with Crippen molar-refractivity contribution >= 4 is 23.2 Å². The summed E-state index contributed by atoms with van der Waals surface area (Å²) in [6, 6.07) is 5.05. The fraction of sp³-hybridized carbons (Fsp3) is 0.429. The Morgan fingerprint density at radius 2 is 1.90 bits per heavy atom. The number of hydrogen-bond donors (Lipinski definition) is 2. The normalized spacial score (nSPS) is 10.0. The first-order valence-electron chi connectivity index (χ1n) is 6.45. The lowest BCUT2D eigenvalue weighted by Crippen LogP contribution is -2.34. The van der Waals surface area contributed by atoms with Crippen LogP contribution in [0.25, 0.3) is 0 Å². The molecule has 20 heavy (non-hydrogen) atoms. The lowest BCUT2D eigenvalue weighted by atomic mass is 10.1. The minimum atomic E-state index is -0.152. The van der Waals surface area contributed by atoms with Crippen molar-refractivity contribution in [3.63, 3.8) is 0 Å². The van der Waals surface area contributed by atoms with Gasteiger partial charge in [-0.1, -0.05) is 0 Å². The third kappa shape index (κ3) is 3.88. The van der Waals surface area contributed by atoms with Crippen molar-refractivity contribution in [3.8, 4) is 0 Å². The van der Waals surface area contributed by atoms with E-state index in [4.69, 9.17) is 5.73 Å². The Labute approximate surface area is 119 Å². The van der Waals surface area contributed by atoms with Gasteiger partial charge in [0.15, 0.2) is 0 Å². The molecule has 0 radical (unpaired) electrons. The molecule has 6 heteroatoms. The van der Waals surface area contributed by atoms with E-state index >= 15 is 0 Å². The van der Waals surface area contributed by atoms with E-state index in [1.165, 1.54) is 4.90 Å². The van der Waals surface area contributed by atoms with Crippen LogP contribution in [0.2, 0.25) is 0 Å². The number of nitrogens with one attached hydrogen (secondary N) is 1. The second kappa shape index (κ2) is 6.79. The molecule has 0 spiro atoms. The Balaban J connectivity index is 2.96. The average Bonchev–Trinajstić information content (AvgIpc) is 2.39. The summed E-state index contributed by atoms with van der Waals surface area (Å²) < 4.78 is 0. The van der Waals surface area contributed by atoms with Crippen LogP contribution < -0.4 is 16.0 Å². The van der Waals surface area contributed by atoms with Gasteiger partial charge in [0, 0.05) is 33.3 Å². The number of rotatable bonds is 5. The van der Waals surface area contributed by atoms with E-state index in [1.807, 2.05) is 6.92 Å². The molecule has 0 fully saturated rings. The molecule has 110 valence electrons. The molecular weight excluding hydrogens is 256 g/mol. The summed E-state index contributed by atoms with van der Waals surface area (Å²) in [5, 5.41) is 2.73. The van der Waals surface area contributed by atoms with E-state index in [-0.39, 0.29) is 18.4 Å². The molecule has 0 aliphatic heterocycles. The standard InChI is InChI=1S/C14H22N4O2/c1-5-16-14(20)10-6-7-11(15)12(8-10)18(4)9-13(19)17(2)3/h6-8H,5,9,15H2,1-4H3,(H,16,20). The minimum Gasteiger partial charge on any atom is -0.397 e. The van der Waals surface area contributed by atoms with Crippen LogP contribution in [0, 0.1) is 0 Å². The van der Waals surface area contributed by atoms with Crippen LogP contribution in [0.3, 0.4) is 0 Å². The maximum Gasteiger partial charge on any atom is 0.251 e. The molecule has 1 aromatic rings. The highest BCUT2D eigenvalue weighted by molar-refractivity contribution is 5.96. The number of nitrogen functional groups attached to an aromatic ring is 1. The Hall–Kier alpha value is -2.24. The number of likely N-dealkylation sites (N-methyl/N-ethyl adjacent to an activating group) is 2. The zero-order valence-corrected chi connectivity index (χ0v) is 12.4. The molecule has 0 aromatic heterocycles. The van der Waals surface area contributed by atoms with Crippen LogP contribution in [0.1, 0.15) is 17.3 Å². The van der Waals surface area contributed by atoms with E-state index in [1.54, 1.807) is 44.2 Å². The molecule has 1 rings (SSSR count). The van der Waals surface area contributed by atoms with Crippen LogP contribution in [0.4, 0.5) is 11.4 Å². The topological polar surface area (TPSA) is 78.7 Å². The summed E-state index contributed by atoms with van der Waals surface area (Å²) in [5.74, 6) is -0.184. The monoisotopic (exact) mass is 278 g/mol. The fourth-order valence-corrected chi connectivity index (χ4v) is 1.71. The number of amides is 2. The number of hydrogen-bond acceptors (Lipinski definition) is 4. The van der Waals surface area contributed by atoms with Gasteiger partial charge in [-0.2, -0.15) is 0 Å². The highest BCUT2D eigenvalue weighted by Crippen LogP contribution is 2.23. The summed E-state index contributed by atoms with van der Waals surface area (Å²) in [6.45, 7) is 2.63. The molecule has 0 saturated heterocycles. The van der Waals surface area contributed by atoms with Crippen LogP contribution in [0.15, 0.2) is 18.2 Å². The first-order chi connectivity index (χ1) is 9.36. The third-order valence-electron chi connectivity index (χ3n) is 2.91. The molecule has 0 unspecified atom stereocenters. The van der Waals surface area contributed by atoms with Gasteiger partial charge in [0.2, 0.25) is 5.91 Å². The Bertz CT molecular complexity index is 500. The minimum absolute atomic E-state index is 0.0321. The van der Waals surface area contributed by atoms with Crippen molar-refractivity contribution in [1.82, 2.24) is 10.2 Å². The van der Waals surface area contributed by atoms with Gasteiger partial charge in [0.05, 0.1) is 17.9 Å². The van der Waals surface area contributed by atoms with Gasteiger partial charge in [0.25, 0.3) is 5.91 Å². The summed E-state index contributed by atoms with van der Waals surface area (Å²) in [6.07, 6.45) is 0. The van der Waals surface area contributed by atoms with Crippen LogP contribution >= 0.6 is 0 Å². The number of carbonyl (C=O) groups excluding carboxylic acids is 2. The smallest absolute Gasteiger partial charge is 0.251 e. The molecule has 0 heterocycles. The molecule has 0 aliphatic rings. The molecule has 3 N–H and O–H groups in total. The second-order valence-electron chi connectivity index (χ2n) is 4.78. The molecule has 0 atom stereocenters. The van der Waals surface area contributed by atoms with E-state index in [0.29, 0.717) is 23.5 Å². The Kier molecular flexibility index (Phi) is 5.37. The second-order valence-corrected chi connectivity index (χ2v) is 4.78. The van der Waals surface area contributed by atoms with Crippen molar-refractivity contribution in [2.75, 3.05) is 44.9 Å². The summed E-state index contributed by atoms with van der Waals surface area (Å²) in [4.78, 5) is 26.8. The van der Waals surface area contributed by atoms with Gasteiger partial charge in [-0.3, -0.25) is 9.59 Å². The number of carbonyl (C=O) groups is 2. The predicted molar refractivity (Wildman–Crippen MR) is 80.8 cm³/mol. The van der Waals surface area contributed by atoms with Gasteiger partial charge in [0.1, 0.15) is 0 Å². The van der Waals surface area contributed by atoms with E-state index < -0.39 is 0 Å². The number of anilines is 2. The Morgan fingerprint density at radius 1 is 1.25 bits per heavy atom. The van der Waals surface area contributed by atoms with E-state index in [0.717, 1.165) is 0 Å². The van der Waals surface area contributed by atoms with Gasteiger partial charge in [-0.15, -0.1) is 0 Å². The molecule has 1 aromatic carbocycles. The maximum atomic E-state index is 11.8. The van der Waals surface area contributed by atoms with Crippen LogP contribution in [0.5, 0.6) is 0 Å². The fourth-order valence-electron chi connectivity index (χ4n) is 1.71. The average molecular weight is 278 g/mol. The number of nitrogens with two attached hydrogens (primary N) is 1. The third-order valence-corrected chi connectivity index (χ3v) is 2.91. The summed E-state index contributed by atoms with van der Waals surface area (Å²) in [7, 11) is 5.17. The quantitative estimate of drug-likeness (QED) is 0.771. The zero-order valence-electron chi connectivity index (χ0n) is 12.4. The van der Waals surface area contributed by atoms with Crippen molar-refractivity contribution in [2.24, 2.45) is 0 Å². The predicted octanol–water partition coefficient (Wildman–Crippen LogP) is 0.543. The summed E-state index contributed by atoms with van der Waals surface area (Å²) in [5.41, 5.74) is 7.65. The SMILES string of the molecule is CCNC(=O)c1ccc(N)c(N(C)CC(=O)N(C)C)c1. The van der Waals surface area contributed by atoms with E-state index in [9.17, 15) is 9.59 Å². The molecule has 6 nitrogen and oxygen atoms in total. The first-order valence-corrected chi connectivity index (χ1v) is 6.45. The van der Waals surface area contributed by atoms with Crippen LogP contribution in [-0.4, -0.2) is 50.9 Å². The largest absolute Gasteiger partial charge is 0.397 e. The highest BCUT2D eigenvalue weighted by Gasteiger charge is 2.14. The van der Waals surface area contributed by atoms with Gasteiger partial charge < -0.3 is 20.9 Å². The number of benzene rings is 1. The molecule has 0 aliphatic carbocycles. The van der Waals surface area contributed by atoms with Crippen LogP contribution in [-0.2, 0) is 4.79 Å². The lowest BCUT2D eigenvalue weighted by Gasteiger charge is -2.23. The van der Waals surface area contributed by atoms with Gasteiger partial charge >= 0.3 is 0 Å². The van der Waals surface area contributed by atoms with Crippen molar-refractivity contribution in [1.29, 1.82) is 0 Å². The number of nitrogens with zero attached hydrogens (tertiary/aromatic N) is 2. The molecule has 0 saturated carbocycles. The molecule has 2 amide bonds. The molecular formula is C14H22N4O2. The Morgan fingerprint density at radius 3 is 2.45 bits per heavy atom. The highest BCUT2D eigenvalue weighted by atomic mass is 16.2. The first kappa shape index (κ1) is 15.8.